The second kappa shape index (κ2) is 11.2. The Kier molecular flexibility index (Phi) is 8.29. The van der Waals surface area contributed by atoms with E-state index in [0.717, 1.165) is 5.56 Å². The number of halogens is 1. The number of rotatable bonds is 6. The number of methoxy groups -OCH3 is 1. The molecule has 2 aromatic carbocycles. The Labute approximate surface area is 231 Å². The van der Waals surface area contributed by atoms with E-state index < -0.39 is 39.5 Å². The lowest BCUT2D eigenvalue weighted by molar-refractivity contribution is -0.119. The van der Waals surface area contributed by atoms with Gasteiger partial charge in [0.05, 0.1) is 29.7 Å². The van der Waals surface area contributed by atoms with Gasteiger partial charge in [-0.2, -0.15) is 4.99 Å². The van der Waals surface area contributed by atoms with Crippen LogP contribution in [0.5, 0.6) is 5.75 Å². The van der Waals surface area contributed by atoms with Crippen LogP contribution in [0, 0.1) is 0 Å². The number of nitrogens with zero attached hydrogens (tertiary/aromatic N) is 2. The van der Waals surface area contributed by atoms with Crippen LogP contribution in [-0.4, -0.2) is 67.1 Å². The zero-order valence-corrected chi connectivity index (χ0v) is 23.9. The lowest BCUT2D eigenvalue weighted by Gasteiger charge is -2.26. The lowest BCUT2D eigenvalue weighted by atomic mass is 10.1. The molecule has 1 N–H and O–H groups in total. The predicted octanol–water partition coefficient (Wildman–Crippen LogP) is 4.09. The summed E-state index contributed by atoms with van der Waals surface area (Å²) in [7, 11) is -1.74. The van der Waals surface area contributed by atoms with Crippen LogP contribution in [-0.2, 0) is 25.8 Å². The first-order valence-corrected chi connectivity index (χ1v) is 15.1. The Bertz CT molecular complexity index is 1340. The molecule has 2 fully saturated rings. The Morgan fingerprint density at radius 2 is 1.89 bits per heavy atom. The maximum atomic E-state index is 13.5. The Morgan fingerprint density at radius 1 is 1.18 bits per heavy atom. The average molecular weight is 580 g/mol. The molecular weight excluding hydrogens is 550 g/mol. The van der Waals surface area contributed by atoms with Gasteiger partial charge in [0.2, 0.25) is 0 Å². The number of nitrogens with one attached hydrogen (secondary N) is 1. The molecule has 9 nitrogen and oxygen atoms in total. The lowest BCUT2D eigenvalue weighted by Crippen LogP contribution is -2.45. The van der Waals surface area contributed by atoms with Crippen molar-refractivity contribution in [3.8, 4) is 5.75 Å². The fraction of sp³-hybridized carbons (Fsp3) is 0.423. The summed E-state index contributed by atoms with van der Waals surface area (Å²) in [4.78, 5) is 32.3. The minimum absolute atomic E-state index is 0.0144. The summed E-state index contributed by atoms with van der Waals surface area (Å²) in [6.07, 6.45) is -0.525. The first-order chi connectivity index (χ1) is 17.8. The van der Waals surface area contributed by atoms with Crippen molar-refractivity contribution in [1.82, 2.24) is 5.32 Å². The molecule has 0 radical (unpaired) electrons. The van der Waals surface area contributed by atoms with E-state index >= 15 is 0 Å². The highest BCUT2D eigenvalue weighted by Gasteiger charge is 2.49. The highest BCUT2D eigenvalue weighted by molar-refractivity contribution is 8.16. The number of amidine groups is 1. The summed E-state index contributed by atoms with van der Waals surface area (Å²) in [5.41, 5.74) is 0.687. The van der Waals surface area contributed by atoms with Gasteiger partial charge in [0.25, 0.3) is 5.91 Å². The zero-order valence-electron chi connectivity index (χ0n) is 21.5. The molecule has 0 aliphatic carbocycles. The van der Waals surface area contributed by atoms with Gasteiger partial charge in [0.1, 0.15) is 17.4 Å². The smallest absolute Gasteiger partial charge is 0.408 e. The molecule has 2 aliphatic heterocycles. The third kappa shape index (κ3) is 6.81. The fourth-order valence-corrected chi connectivity index (χ4v) is 8.51. The number of sulfone groups is 1. The van der Waals surface area contributed by atoms with Crippen LogP contribution >= 0.6 is 23.4 Å². The van der Waals surface area contributed by atoms with Gasteiger partial charge < -0.3 is 19.7 Å². The minimum atomic E-state index is -3.25. The standard InChI is InChI=1S/C26H30ClN3O6S2/c1-26(2,3)36-25(32)28-19(12-16-8-6-5-7-9-16)23(31)29-24-30(17-10-11-21(35-4)18(27)13-17)20-14-38(33,34)15-22(20)37-24/h5-11,13,19-20,22H,12,14-15H2,1-4H3,(H,28,32)/t19-,20-,22+/m0/s1. The molecule has 4 rings (SSSR count). The Hall–Kier alpha value is -2.76. The molecule has 3 atom stereocenters. The predicted molar refractivity (Wildman–Crippen MR) is 150 cm³/mol. The van der Waals surface area contributed by atoms with Crippen molar-refractivity contribution >= 4 is 56.1 Å². The maximum Gasteiger partial charge on any atom is 0.408 e. The number of fused-ring (bicyclic) bond motifs is 1. The second-order valence-corrected chi connectivity index (χ2v) is 13.9. The van der Waals surface area contributed by atoms with Crippen molar-refractivity contribution in [3.05, 3.63) is 59.1 Å². The third-order valence-electron chi connectivity index (χ3n) is 5.96. The second-order valence-electron chi connectivity index (χ2n) is 10.1. The summed E-state index contributed by atoms with van der Waals surface area (Å²) in [6, 6.07) is 13.0. The highest BCUT2D eigenvalue weighted by atomic mass is 35.5. The van der Waals surface area contributed by atoms with Gasteiger partial charge in [-0.25, -0.2) is 13.2 Å². The van der Waals surface area contributed by atoms with Gasteiger partial charge >= 0.3 is 6.09 Å². The van der Waals surface area contributed by atoms with E-state index in [4.69, 9.17) is 21.1 Å². The molecule has 0 unspecified atom stereocenters. The van der Waals surface area contributed by atoms with Crippen molar-refractivity contribution in [2.24, 2.45) is 4.99 Å². The monoisotopic (exact) mass is 579 g/mol. The number of anilines is 1. The molecule has 204 valence electrons. The molecule has 2 aromatic rings. The van der Waals surface area contributed by atoms with Gasteiger partial charge in [-0.3, -0.25) is 4.79 Å². The summed E-state index contributed by atoms with van der Waals surface area (Å²) < 4.78 is 35.4. The molecule has 38 heavy (non-hydrogen) atoms. The molecule has 2 aliphatic rings. The van der Waals surface area contributed by atoms with E-state index in [-0.39, 0.29) is 23.2 Å². The summed E-state index contributed by atoms with van der Waals surface area (Å²) in [5.74, 6) is -0.184. The number of ether oxygens (including phenoxy) is 2. The van der Waals surface area contributed by atoms with Crippen LogP contribution in [0.15, 0.2) is 53.5 Å². The largest absolute Gasteiger partial charge is 0.495 e. The number of carbonyl (C=O) groups is 2. The van der Waals surface area contributed by atoms with E-state index in [9.17, 15) is 18.0 Å². The number of hydrogen-bond acceptors (Lipinski definition) is 7. The van der Waals surface area contributed by atoms with Gasteiger partial charge in [-0.1, -0.05) is 53.7 Å². The van der Waals surface area contributed by atoms with Gasteiger partial charge in [-0.15, -0.1) is 0 Å². The van der Waals surface area contributed by atoms with Crippen LogP contribution in [0.1, 0.15) is 26.3 Å². The molecule has 0 bridgehead atoms. The first kappa shape index (κ1) is 28.3. The van der Waals surface area contributed by atoms with Crippen LogP contribution < -0.4 is 15.0 Å². The first-order valence-electron chi connectivity index (χ1n) is 12.0. The number of alkyl carbamates (subject to hydrolysis) is 1. The van der Waals surface area contributed by atoms with Crippen LogP contribution in [0.3, 0.4) is 0 Å². The minimum Gasteiger partial charge on any atom is -0.495 e. The van der Waals surface area contributed by atoms with E-state index in [1.165, 1.54) is 18.9 Å². The Morgan fingerprint density at radius 3 is 2.53 bits per heavy atom. The van der Waals surface area contributed by atoms with Crippen LogP contribution in [0.4, 0.5) is 10.5 Å². The van der Waals surface area contributed by atoms with Gasteiger partial charge in [0, 0.05) is 17.4 Å². The van der Waals surface area contributed by atoms with Crippen molar-refractivity contribution in [2.75, 3.05) is 23.5 Å². The zero-order chi connectivity index (χ0) is 27.7. The van der Waals surface area contributed by atoms with Crippen molar-refractivity contribution in [1.29, 1.82) is 0 Å². The van der Waals surface area contributed by atoms with Crippen molar-refractivity contribution < 1.29 is 27.5 Å². The summed E-state index contributed by atoms with van der Waals surface area (Å²) >= 11 is 7.61. The quantitative estimate of drug-likeness (QED) is 0.544. The van der Waals surface area contributed by atoms with Gasteiger partial charge in [-0.05, 0) is 44.5 Å². The number of benzene rings is 2. The molecule has 0 spiro atoms. The topological polar surface area (TPSA) is 114 Å². The highest BCUT2D eigenvalue weighted by Crippen LogP contribution is 2.42. The van der Waals surface area contributed by atoms with Crippen molar-refractivity contribution in [2.45, 2.75) is 50.1 Å². The Balaban J connectivity index is 1.67. The summed E-state index contributed by atoms with van der Waals surface area (Å²) in [5, 5.41) is 3.06. The fourth-order valence-electron chi connectivity index (χ4n) is 4.34. The molecule has 2 amide bonds. The SMILES string of the molecule is COc1ccc(N2C(=NC(=O)[C@H](Cc3ccccc3)NC(=O)OC(C)(C)C)S[C@@H]3CS(=O)(=O)C[C@@H]32)cc1Cl. The van der Waals surface area contributed by atoms with Crippen LogP contribution in [0.25, 0.3) is 0 Å². The third-order valence-corrected chi connectivity index (χ3v) is 9.46. The van der Waals surface area contributed by atoms with Crippen molar-refractivity contribution in [3.63, 3.8) is 0 Å². The molecular formula is C26H30ClN3O6S2. The normalized spacial score (nSPS) is 22.1. The van der Waals surface area contributed by atoms with Crippen LogP contribution in [0.2, 0.25) is 5.02 Å². The number of amides is 2. The molecule has 0 saturated carbocycles. The maximum absolute atomic E-state index is 13.5. The van der Waals surface area contributed by atoms with E-state index in [1.54, 1.807) is 43.9 Å². The van der Waals surface area contributed by atoms with Gasteiger partial charge in [0.15, 0.2) is 15.0 Å². The molecule has 2 heterocycles. The number of carbonyl (C=O) groups excluding carboxylic acids is 2. The van der Waals surface area contributed by atoms with E-state index in [1.807, 2.05) is 30.3 Å². The van der Waals surface area contributed by atoms with E-state index in [2.05, 4.69) is 10.3 Å². The molecule has 0 aromatic heterocycles. The average Bonchev–Trinajstić information content (AvgIpc) is 3.28. The number of hydrogen-bond donors (Lipinski definition) is 1. The molecule has 2 saturated heterocycles. The van der Waals surface area contributed by atoms with E-state index in [0.29, 0.717) is 21.6 Å². The number of aliphatic imine (C=N–C) groups is 1. The summed E-state index contributed by atoms with van der Waals surface area (Å²) in [6.45, 7) is 5.21. The number of thioether (sulfide) groups is 1. The molecule has 12 heteroatoms.